The van der Waals surface area contributed by atoms with Crippen molar-refractivity contribution in [2.45, 2.75) is 19.1 Å². The van der Waals surface area contributed by atoms with Gasteiger partial charge in [0, 0.05) is 0 Å². The normalized spacial score (nSPS) is 34.5. The van der Waals surface area contributed by atoms with Gasteiger partial charge in [-0.15, -0.1) is 0 Å². The van der Waals surface area contributed by atoms with E-state index < -0.39 is 0 Å². The lowest BCUT2D eigenvalue weighted by Gasteiger charge is -1.94. The minimum atomic E-state index is -0.204. The number of hydrogen-bond donors (Lipinski definition) is 2. The molecule has 0 saturated carbocycles. The largest absolute Gasteiger partial charge is 0.379 e. The molecule has 1 atom stereocenters. The molecule has 0 aliphatic carbocycles. The zero-order chi connectivity index (χ0) is 4.41. The first kappa shape index (κ1) is 4.09. The van der Waals surface area contributed by atoms with Crippen LogP contribution in [0, 0.1) is 0 Å². The Hall–Kier alpha value is -0.0800. The van der Waals surface area contributed by atoms with E-state index in [1.165, 1.54) is 0 Å². The molecule has 0 spiro atoms. The maximum absolute atomic E-state index is 8.62. The molecule has 0 aromatic rings. The van der Waals surface area contributed by atoms with Crippen LogP contribution in [0.25, 0.3) is 0 Å². The van der Waals surface area contributed by atoms with E-state index in [-0.39, 0.29) is 6.23 Å². The van der Waals surface area contributed by atoms with E-state index in [1.54, 1.807) is 0 Å². The summed E-state index contributed by atoms with van der Waals surface area (Å²) in [6.45, 7) is 0.987. The minimum absolute atomic E-state index is 0.204. The molecule has 2 heteroatoms. The predicted octanol–water partition coefficient (Wildman–Crippen LogP) is -0.312. The lowest BCUT2D eigenvalue weighted by molar-refractivity contribution is 0.160. The Morgan fingerprint density at radius 3 is 2.67 bits per heavy atom. The van der Waals surface area contributed by atoms with E-state index in [1.807, 2.05) is 0 Å². The number of aliphatic hydroxyl groups excluding tert-OH is 1. The number of hydrogen-bond acceptors (Lipinski definition) is 2. The summed E-state index contributed by atoms with van der Waals surface area (Å²) in [6, 6.07) is 0. The summed E-state index contributed by atoms with van der Waals surface area (Å²) in [5.41, 5.74) is 0. The van der Waals surface area contributed by atoms with Crippen molar-refractivity contribution in [1.29, 1.82) is 0 Å². The summed E-state index contributed by atoms with van der Waals surface area (Å²) in [5.74, 6) is 0. The molecule has 0 amide bonds. The first-order chi connectivity index (χ1) is 2.89. The zero-order valence-electron chi connectivity index (χ0n) is 3.65. The third-order valence-electron chi connectivity index (χ3n) is 1.03. The van der Waals surface area contributed by atoms with E-state index >= 15 is 0 Å². The van der Waals surface area contributed by atoms with Crippen molar-refractivity contribution in [1.82, 2.24) is 5.32 Å². The molecule has 1 rings (SSSR count). The van der Waals surface area contributed by atoms with Gasteiger partial charge in [-0.3, -0.25) is 5.32 Å². The quantitative estimate of drug-likeness (QED) is 0.424. The second-order valence-electron chi connectivity index (χ2n) is 1.61. The van der Waals surface area contributed by atoms with Gasteiger partial charge in [0.15, 0.2) is 0 Å². The third kappa shape index (κ3) is 0.698. The number of nitrogens with one attached hydrogen (secondary N) is 1. The van der Waals surface area contributed by atoms with Gasteiger partial charge < -0.3 is 5.11 Å². The lowest BCUT2D eigenvalue weighted by Crippen LogP contribution is -2.19. The van der Waals surface area contributed by atoms with Crippen LogP contribution >= 0.6 is 0 Å². The van der Waals surface area contributed by atoms with Crippen molar-refractivity contribution in [3.8, 4) is 0 Å². The predicted molar refractivity (Wildman–Crippen MR) is 23.2 cm³/mol. The van der Waals surface area contributed by atoms with Gasteiger partial charge in [0.25, 0.3) is 0 Å². The first-order valence-electron chi connectivity index (χ1n) is 2.31. The molecule has 1 aliphatic heterocycles. The zero-order valence-corrected chi connectivity index (χ0v) is 3.65. The summed E-state index contributed by atoms with van der Waals surface area (Å²) in [5, 5.41) is 11.5. The second-order valence-corrected chi connectivity index (χ2v) is 1.61. The van der Waals surface area contributed by atoms with Crippen LogP contribution in [-0.4, -0.2) is 17.9 Å². The highest BCUT2D eigenvalue weighted by Gasteiger charge is 2.07. The molecule has 0 aromatic heterocycles. The fourth-order valence-corrected chi connectivity index (χ4v) is 0.666. The van der Waals surface area contributed by atoms with E-state index in [0.29, 0.717) is 0 Å². The van der Waals surface area contributed by atoms with Crippen LogP contribution in [0.5, 0.6) is 0 Å². The van der Waals surface area contributed by atoms with Crippen molar-refractivity contribution >= 4 is 0 Å². The van der Waals surface area contributed by atoms with Gasteiger partial charge in [0.2, 0.25) is 0 Å². The summed E-state index contributed by atoms with van der Waals surface area (Å²) in [4.78, 5) is 0. The first-order valence-corrected chi connectivity index (χ1v) is 2.31. The number of aliphatic hydroxyl groups is 1. The van der Waals surface area contributed by atoms with Gasteiger partial charge in [-0.05, 0) is 19.4 Å². The standard InChI is InChI=1S/C4H9NO/c6-4-2-1-3-5-4/h4-6H,1-3H2/t4-/m1/s1. The van der Waals surface area contributed by atoms with Crippen molar-refractivity contribution < 1.29 is 5.11 Å². The molecule has 1 fully saturated rings. The van der Waals surface area contributed by atoms with Crippen LogP contribution in [0.2, 0.25) is 0 Å². The molecule has 1 aliphatic rings. The molecule has 0 bridgehead atoms. The molecule has 36 valence electrons. The molecule has 6 heavy (non-hydrogen) atoms. The summed E-state index contributed by atoms with van der Waals surface area (Å²) < 4.78 is 0. The van der Waals surface area contributed by atoms with Gasteiger partial charge in [-0.25, -0.2) is 0 Å². The number of rotatable bonds is 0. The lowest BCUT2D eigenvalue weighted by atomic mass is 10.4. The van der Waals surface area contributed by atoms with Crippen molar-refractivity contribution in [2.75, 3.05) is 6.54 Å². The molecule has 0 radical (unpaired) electrons. The van der Waals surface area contributed by atoms with Crippen molar-refractivity contribution in [3.63, 3.8) is 0 Å². The molecule has 0 unspecified atom stereocenters. The van der Waals surface area contributed by atoms with Gasteiger partial charge in [0.1, 0.15) is 6.23 Å². The third-order valence-corrected chi connectivity index (χ3v) is 1.03. The van der Waals surface area contributed by atoms with Crippen molar-refractivity contribution in [2.24, 2.45) is 0 Å². The highest BCUT2D eigenvalue weighted by atomic mass is 16.3. The van der Waals surface area contributed by atoms with Crippen LogP contribution in [0.3, 0.4) is 0 Å². The molecule has 2 N–H and O–H groups in total. The monoisotopic (exact) mass is 87.1 g/mol. The van der Waals surface area contributed by atoms with E-state index in [2.05, 4.69) is 5.32 Å². The second kappa shape index (κ2) is 1.58. The minimum Gasteiger partial charge on any atom is -0.379 e. The van der Waals surface area contributed by atoms with Crippen molar-refractivity contribution in [3.05, 3.63) is 0 Å². The fraction of sp³-hybridized carbons (Fsp3) is 1.00. The average molecular weight is 87.1 g/mol. The Balaban J connectivity index is 2.18. The van der Waals surface area contributed by atoms with Crippen LogP contribution < -0.4 is 5.32 Å². The molecular formula is C4H9NO. The maximum atomic E-state index is 8.62. The van der Waals surface area contributed by atoms with Crippen LogP contribution in [0.1, 0.15) is 12.8 Å². The Morgan fingerprint density at radius 1 is 1.67 bits per heavy atom. The fourth-order valence-electron chi connectivity index (χ4n) is 0.666. The molecule has 0 aromatic carbocycles. The molecule has 1 saturated heterocycles. The van der Waals surface area contributed by atoms with Gasteiger partial charge in [0.05, 0.1) is 0 Å². The topological polar surface area (TPSA) is 32.3 Å². The Bertz CT molecular complexity index is 40.8. The van der Waals surface area contributed by atoms with Gasteiger partial charge in [-0.2, -0.15) is 0 Å². The van der Waals surface area contributed by atoms with Crippen LogP contribution in [-0.2, 0) is 0 Å². The Labute approximate surface area is 37.2 Å². The van der Waals surface area contributed by atoms with Gasteiger partial charge >= 0.3 is 0 Å². The molecule has 2 nitrogen and oxygen atoms in total. The van der Waals surface area contributed by atoms with E-state index in [0.717, 1.165) is 19.4 Å². The van der Waals surface area contributed by atoms with Gasteiger partial charge in [-0.1, -0.05) is 0 Å². The Kier molecular flexibility index (Phi) is 1.08. The van der Waals surface area contributed by atoms with Crippen LogP contribution in [0.4, 0.5) is 0 Å². The molecular weight excluding hydrogens is 78.0 g/mol. The maximum Gasteiger partial charge on any atom is 0.104 e. The van der Waals surface area contributed by atoms with Crippen LogP contribution in [0.15, 0.2) is 0 Å². The highest BCUT2D eigenvalue weighted by Crippen LogP contribution is 1.98. The smallest absolute Gasteiger partial charge is 0.104 e. The van der Waals surface area contributed by atoms with E-state index in [4.69, 9.17) is 5.11 Å². The average Bonchev–Trinajstić information content (AvgIpc) is 1.86. The Morgan fingerprint density at radius 2 is 2.50 bits per heavy atom. The summed E-state index contributed by atoms with van der Waals surface area (Å²) in [6.07, 6.45) is 1.85. The molecule has 1 heterocycles. The summed E-state index contributed by atoms with van der Waals surface area (Å²) >= 11 is 0. The summed E-state index contributed by atoms with van der Waals surface area (Å²) in [7, 11) is 0. The van der Waals surface area contributed by atoms with E-state index in [9.17, 15) is 0 Å². The highest BCUT2D eigenvalue weighted by molar-refractivity contribution is 4.61. The SMILES string of the molecule is O[C@@H]1CCCN1.